The minimum Gasteiger partial charge on any atom is -0.357 e. The Balaban J connectivity index is 1.86. The van der Waals surface area contributed by atoms with Gasteiger partial charge in [0.15, 0.2) is 5.96 Å². The first-order valence-corrected chi connectivity index (χ1v) is 9.29. The minimum atomic E-state index is -4.12. The first-order chi connectivity index (χ1) is 12.4. The summed E-state index contributed by atoms with van der Waals surface area (Å²) in [6.07, 6.45) is -2.38. The molecule has 4 nitrogen and oxygen atoms in total. The van der Waals surface area contributed by atoms with E-state index in [9.17, 15) is 13.2 Å². The summed E-state index contributed by atoms with van der Waals surface area (Å²) >= 11 is 0. The van der Waals surface area contributed by atoms with Crippen molar-refractivity contribution in [3.63, 3.8) is 0 Å². The number of hydrogen-bond acceptors (Lipinski definition) is 2. The summed E-state index contributed by atoms with van der Waals surface area (Å²) in [6, 6.07) is 8.23. The van der Waals surface area contributed by atoms with Crippen molar-refractivity contribution in [1.29, 1.82) is 0 Å². The van der Waals surface area contributed by atoms with Crippen molar-refractivity contribution in [3.8, 4) is 0 Å². The number of alkyl halides is 3. The lowest BCUT2D eigenvalue weighted by molar-refractivity contribution is -0.143. The first kappa shape index (κ1) is 20.6. The summed E-state index contributed by atoms with van der Waals surface area (Å²) < 4.78 is 37.5. The largest absolute Gasteiger partial charge is 0.401 e. The van der Waals surface area contributed by atoms with Crippen LogP contribution in [0.3, 0.4) is 0 Å². The molecule has 0 saturated carbocycles. The molecular formula is C19H29F3N4. The second kappa shape index (κ2) is 9.80. The molecule has 0 radical (unpaired) electrons. The molecule has 2 rings (SSSR count). The zero-order valence-electron chi connectivity index (χ0n) is 15.6. The number of hydrogen-bond donors (Lipinski definition) is 2. The van der Waals surface area contributed by atoms with E-state index in [0.717, 1.165) is 19.4 Å². The zero-order chi connectivity index (χ0) is 19.0. The number of nitrogens with one attached hydrogen (secondary N) is 2. The fourth-order valence-electron chi connectivity index (χ4n) is 3.28. The van der Waals surface area contributed by atoms with Gasteiger partial charge < -0.3 is 10.6 Å². The van der Waals surface area contributed by atoms with Gasteiger partial charge >= 0.3 is 6.18 Å². The molecule has 1 unspecified atom stereocenters. The summed E-state index contributed by atoms with van der Waals surface area (Å²) in [5, 5.41) is 6.49. The van der Waals surface area contributed by atoms with E-state index < -0.39 is 12.7 Å². The average Bonchev–Trinajstić information content (AvgIpc) is 3.03. The summed E-state index contributed by atoms with van der Waals surface area (Å²) in [5.41, 5.74) is 2.48. The lowest BCUT2D eigenvalue weighted by atomic mass is 10.1. The van der Waals surface area contributed by atoms with Crippen LogP contribution in [-0.4, -0.2) is 49.8 Å². The van der Waals surface area contributed by atoms with E-state index in [1.165, 1.54) is 16.0 Å². The number of likely N-dealkylation sites (tertiary alicyclic amines) is 1. The smallest absolute Gasteiger partial charge is 0.357 e. The second-order valence-corrected chi connectivity index (χ2v) is 6.70. The maximum Gasteiger partial charge on any atom is 0.401 e. The Labute approximate surface area is 153 Å². The lowest BCUT2D eigenvalue weighted by Gasteiger charge is -2.18. The molecule has 1 aliphatic rings. The number of benzene rings is 1. The fraction of sp³-hybridized carbons (Fsp3) is 0.632. The molecule has 1 aliphatic heterocycles. The van der Waals surface area contributed by atoms with Crippen molar-refractivity contribution in [1.82, 2.24) is 15.5 Å². The molecule has 7 heteroatoms. The molecule has 0 bridgehead atoms. The summed E-state index contributed by atoms with van der Waals surface area (Å²) in [5.74, 6) is 0.928. The Kier molecular flexibility index (Phi) is 7.75. The van der Waals surface area contributed by atoms with Gasteiger partial charge in [0.2, 0.25) is 0 Å². The van der Waals surface area contributed by atoms with Gasteiger partial charge in [0.1, 0.15) is 0 Å². The van der Waals surface area contributed by atoms with Crippen molar-refractivity contribution in [2.45, 2.75) is 39.4 Å². The van der Waals surface area contributed by atoms with Gasteiger partial charge in [0.25, 0.3) is 0 Å². The van der Waals surface area contributed by atoms with Gasteiger partial charge in [-0.15, -0.1) is 0 Å². The molecule has 0 aliphatic carbocycles. The molecule has 1 aromatic rings. The van der Waals surface area contributed by atoms with E-state index in [2.05, 4.69) is 34.7 Å². The third kappa shape index (κ3) is 6.86. The van der Waals surface area contributed by atoms with Crippen LogP contribution in [0.4, 0.5) is 13.2 Å². The predicted octanol–water partition coefficient (Wildman–Crippen LogP) is 3.19. The van der Waals surface area contributed by atoms with Crippen LogP contribution in [0.25, 0.3) is 0 Å². The highest BCUT2D eigenvalue weighted by Gasteiger charge is 2.34. The summed E-state index contributed by atoms with van der Waals surface area (Å²) in [4.78, 5) is 6.11. The predicted molar refractivity (Wildman–Crippen MR) is 99.2 cm³/mol. The first-order valence-electron chi connectivity index (χ1n) is 9.29. The van der Waals surface area contributed by atoms with Crippen LogP contribution >= 0.6 is 0 Å². The molecule has 1 saturated heterocycles. The van der Waals surface area contributed by atoms with E-state index in [4.69, 9.17) is 0 Å². The third-order valence-corrected chi connectivity index (χ3v) is 4.58. The number of aryl methyl sites for hydroxylation is 1. The van der Waals surface area contributed by atoms with Crippen molar-refractivity contribution >= 4 is 5.96 Å². The van der Waals surface area contributed by atoms with Crippen LogP contribution in [-0.2, 0) is 13.0 Å². The van der Waals surface area contributed by atoms with Crippen LogP contribution in [0.15, 0.2) is 29.3 Å². The van der Waals surface area contributed by atoms with Crippen LogP contribution in [0.2, 0.25) is 0 Å². The molecule has 1 fully saturated rings. The normalized spacial score (nSPS) is 19.0. The van der Waals surface area contributed by atoms with Gasteiger partial charge in [-0.05, 0) is 43.4 Å². The van der Waals surface area contributed by atoms with E-state index in [-0.39, 0.29) is 5.92 Å². The van der Waals surface area contributed by atoms with E-state index in [1.807, 2.05) is 19.1 Å². The molecule has 0 spiro atoms. The molecule has 1 atom stereocenters. The SMILES string of the molecule is CCNC(=NCc1ccccc1CC)NCC1CCN(CC(F)(F)F)C1. The Hall–Kier alpha value is -1.76. The molecule has 1 heterocycles. The highest BCUT2D eigenvalue weighted by atomic mass is 19.4. The molecule has 0 amide bonds. The van der Waals surface area contributed by atoms with Gasteiger partial charge in [0.05, 0.1) is 13.1 Å². The maximum absolute atomic E-state index is 12.5. The number of rotatable bonds is 7. The van der Waals surface area contributed by atoms with Crippen molar-refractivity contribution in [3.05, 3.63) is 35.4 Å². The van der Waals surface area contributed by atoms with Gasteiger partial charge in [0, 0.05) is 19.6 Å². The average molecular weight is 370 g/mol. The maximum atomic E-state index is 12.5. The van der Waals surface area contributed by atoms with E-state index in [0.29, 0.717) is 32.1 Å². The molecular weight excluding hydrogens is 341 g/mol. The number of halogens is 3. The highest BCUT2D eigenvalue weighted by Crippen LogP contribution is 2.22. The van der Waals surface area contributed by atoms with E-state index >= 15 is 0 Å². The lowest BCUT2D eigenvalue weighted by Crippen LogP contribution is -2.40. The van der Waals surface area contributed by atoms with Gasteiger partial charge in [-0.1, -0.05) is 31.2 Å². The molecule has 146 valence electrons. The highest BCUT2D eigenvalue weighted by molar-refractivity contribution is 5.79. The third-order valence-electron chi connectivity index (χ3n) is 4.58. The van der Waals surface area contributed by atoms with Gasteiger partial charge in [-0.3, -0.25) is 4.90 Å². The topological polar surface area (TPSA) is 39.7 Å². The quantitative estimate of drug-likeness (QED) is 0.572. The minimum absolute atomic E-state index is 0.212. The standard InChI is InChI=1S/C19H29F3N4/c1-3-16-7-5-6-8-17(16)12-25-18(23-4-2)24-11-15-9-10-26(13-15)14-19(20,21)22/h5-8,15H,3-4,9-14H2,1-2H3,(H2,23,24,25). The Morgan fingerprint density at radius 3 is 2.58 bits per heavy atom. The fourth-order valence-corrected chi connectivity index (χ4v) is 3.28. The van der Waals surface area contributed by atoms with Crippen LogP contribution < -0.4 is 10.6 Å². The monoisotopic (exact) mass is 370 g/mol. The Morgan fingerprint density at radius 2 is 1.92 bits per heavy atom. The summed E-state index contributed by atoms with van der Waals surface area (Å²) in [7, 11) is 0. The van der Waals surface area contributed by atoms with Crippen LogP contribution in [0.5, 0.6) is 0 Å². The van der Waals surface area contributed by atoms with Crippen LogP contribution in [0.1, 0.15) is 31.4 Å². The number of guanidine groups is 1. The Bertz CT molecular complexity index is 586. The molecule has 0 aromatic heterocycles. The van der Waals surface area contributed by atoms with Crippen LogP contribution in [0, 0.1) is 5.92 Å². The summed E-state index contributed by atoms with van der Waals surface area (Å²) in [6.45, 7) is 6.25. The molecule has 2 N–H and O–H groups in total. The molecule has 1 aromatic carbocycles. The zero-order valence-corrected chi connectivity index (χ0v) is 15.6. The second-order valence-electron chi connectivity index (χ2n) is 6.70. The van der Waals surface area contributed by atoms with Gasteiger partial charge in [-0.2, -0.15) is 13.2 Å². The molecule has 26 heavy (non-hydrogen) atoms. The van der Waals surface area contributed by atoms with Crippen molar-refractivity contribution < 1.29 is 13.2 Å². The number of nitrogens with zero attached hydrogens (tertiary/aromatic N) is 2. The van der Waals surface area contributed by atoms with E-state index in [1.54, 1.807) is 0 Å². The number of aliphatic imine (C=N–C) groups is 1. The van der Waals surface area contributed by atoms with Crippen molar-refractivity contribution in [2.75, 3.05) is 32.7 Å². The van der Waals surface area contributed by atoms with Gasteiger partial charge in [-0.25, -0.2) is 4.99 Å². The van der Waals surface area contributed by atoms with Crippen molar-refractivity contribution in [2.24, 2.45) is 10.9 Å². The Morgan fingerprint density at radius 1 is 1.19 bits per heavy atom.